The van der Waals surface area contributed by atoms with Gasteiger partial charge in [-0.3, -0.25) is 0 Å². The molecule has 0 saturated carbocycles. The fourth-order valence-corrected chi connectivity index (χ4v) is 2.91. The number of halogens is 1. The molecule has 0 spiro atoms. The van der Waals surface area contributed by atoms with Crippen LogP contribution in [-0.2, 0) is 6.42 Å². The van der Waals surface area contributed by atoms with Gasteiger partial charge in [0.05, 0.1) is 7.11 Å². The van der Waals surface area contributed by atoms with Gasteiger partial charge in [-0.25, -0.2) is 9.97 Å². The Labute approximate surface area is 131 Å². The van der Waals surface area contributed by atoms with Crippen LogP contribution in [0.15, 0.2) is 12.4 Å². The van der Waals surface area contributed by atoms with Crippen LogP contribution in [0.2, 0.25) is 0 Å². The summed E-state index contributed by atoms with van der Waals surface area (Å²) in [5.41, 5.74) is 1.04. The van der Waals surface area contributed by atoms with Crippen LogP contribution in [0, 0.1) is 0 Å². The number of hydrogen-bond acceptors (Lipinski definition) is 3. The van der Waals surface area contributed by atoms with E-state index in [1.807, 2.05) is 6.07 Å². The van der Waals surface area contributed by atoms with Crippen molar-refractivity contribution in [1.82, 2.24) is 9.97 Å². The molecule has 0 aliphatic carbocycles. The summed E-state index contributed by atoms with van der Waals surface area (Å²) in [6.07, 6.45) is 13.2. The van der Waals surface area contributed by atoms with Crippen LogP contribution in [0.1, 0.15) is 64.0 Å². The van der Waals surface area contributed by atoms with Gasteiger partial charge in [-0.1, -0.05) is 67.8 Å². The van der Waals surface area contributed by atoms with Crippen molar-refractivity contribution in [2.24, 2.45) is 0 Å². The number of methoxy groups -OCH3 is 1. The fourth-order valence-electron chi connectivity index (χ4n) is 2.25. The Morgan fingerprint density at radius 1 is 1.10 bits per heavy atom. The monoisotopic (exact) mass is 342 g/mol. The molecule has 1 unspecified atom stereocenters. The van der Waals surface area contributed by atoms with E-state index in [1.54, 1.807) is 13.4 Å². The number of unbranched alkanes of at least 4 members (excludes halogenated alkanes) is 6. The summed E-state index contributed by atoms with van der Waals surface area (Å²) < 4.78 is 5.12. The van der Waals surface area contributed by atoms with Gasteiger partial charge >= 0.3 is 0 Å². The maximum absolute atomic E-state index is 5.12. The normalized spacial score (nSPS) is 12.3. The van der Waals surface area contributed by atoms with E-state index in [2.05, 4.69) is 32.8 Å². The topological polar surface area (TPSA) is 35.0 Å². The van der Waals surface area contributed by atoms with E-state index in [-0.39, 0.29) is 0 Å². The number of nitrogens with zero attached hydrogens (tertiary/aromatic N) is 2. The quantitative estimate of drug-likeness (QED) is 0.422. The molecule has 114 valence electrons. The number of ether oxygens (including phenoxy) is 1. The van der Waals surface area contributed by atoms with E-state index in [1.165, 1.54) is 51.4 Å². The smallest absolute Gasteiger partial charge is 0.216 e. The Kier molecular flexibility index (Phi) is 9.63. The van der Waals surface area contributed by atoms with Gasteiger partial charge < -0.3 is 4.74 Å². The molecule has 0 radical (unpaired) electrons. The molecule has 1 heterocycles. The molecule has 0 bridgehead atoms. The minimum atomic E-state index is 0.498. The molecular formula is C16H27BrN2O. The van der Waals surface area contributed by atoms with Crippen molar-refractivity contribution in [3.05, 3.63) is 18.1 Å². The maximum Gasteiger partial charge on any atom is 0.216 e. The second-order valence-corrected chi connectivity index (χ2v) is 6.56. The average Bonchev–Trinajstić information content (AvgIpc) is 2.46. The van der Waals surface area contributed by atoms with Gasteiger partial charge in [0.2, 0.25) is 5.88 Å². The SMILES string of the molecule is CCCCCCCCCC(Br)Cc1cc(OC)ncn1. The van der Waals surface area contributed by atoms with E-state index in [0.29, 0.717) is 10.7 Å². The molecule has 0 aliphatic rings. The van der Waals surface area contributed by atoms with Crippen molar-refractivity contribution >= 4 is 15.9 Å². The summed E-state index contributed by atoms with van der Waals surface area (Å²) in [4.78, 5) is 8.81. The van der Waals surface area contributed by atoms with E-state index in [9.17, 15) is 0 Å². The first-order valence-electron chi connectivity index (χ1n) is 7.75. The first kappa shape index (κ1) is 17.4. The lowest BCUT2D eigenvalue weighted by molar-refractivity contribution is 0.395. The summed E-state index contributed by atoms with van der Waals surface area (Å²) in [6.45, 7) is 2.26. The van der Waals surface area contributed by atoms with Crippen LogP contribution in [0.5, 0.6) is 5.88 Å². The zero-order valence-corrected chi connectivity index (χ0v) is 14.4. The van der Waals surface area contributed by atoms with Crippen LogP contribution in [0.25, 0.3) is 0 Å². The molecule has 1 rings (SSSR count). The van der Waals surface area contributed by atoms with E-state index in [0.717, 1.165) is 12.1 Å². The van der Waals surface area contributed by atoms with Gasteiger partial charge in [-0.2, -0.15) is 0 Å². The number of alkyl halides is 1. The second-order valence-electron chi connectivity index (χ2n) is 5.26. The van der Waals surface area contributed by atoms with Gasteiger partial charge in [-0.15, -0.1) is 0 Å². The second kappa shape index (κ2) is 11.1. The molecule has 0 saturated heterocycles. The molecule has 1 aromatic heterocycles. The lowest BCUT2D eigenvalue weighted by atomic mass is 10.1. The third kappa shape index (κ3) is 7.83. The molecule has 0 amide bonds. The van der Waals surface area contributed by atoms with Crippen LogP contribution >= 0.6 is 15.9 Å². The molecular weight excluding hydrogens is 316 g/mol. The van der Waals surface area contributed by atoms with Crippen molar-refractivity contribution in [2.75, 3.05) is 7.11 Å². The van der Waals surface area contributed by atoms with Crippen molar-refractivity contribution in [3.63, 3.8) is 0 Å². The van der Waals surface area contributed by atoms with Crippen LogP contribution < -0.4 is 4.74 Å². The fraction of sp³-hybridized carbons (Fsp3) is 0.750. The van der Waals surface area contributed by atoms with Crippen LogP contribution in [0.3, 0.4) is 0 Å². The summed E-state index contributed by atoms with van der Waals surface area (Å²) in [5, 5.41) is 0. The molecule has 0 N–H and O–H groups in total. The van der Waals surface area contributed by atoms with E-state index in [4.69, 9.17) is 4.74 Å². The average molecular weight is 343 g/mol. The van der Waals surface area contributed by atoms with E-state index < -0.39 is 0 Å². The summed E-state index contributed by atoms with van der Waals surface area (Å²) in [5.74, 6) is 0.644. The Morgan fingerprint density at radius 3 is 2.50 bits per heavy atom. The van der Waals surface area contributed by atoms with Crippen molar-refractivity contribution in [1.29, 1.82) is 0 Å². The van der Waals surface area contributed by atoms with Crippen LogP contribution in [-0.4, -0.2) is 21.9 Å². The minimum Gasteiger partial charge on any atom is -0.481 e. The van der Waals surface area contributed by atoms with E-state index >= 15 is 0 Å². The number of rotatable bonds is 11. The van der Waals surface area contributed by atoms with Gasteiger partial charge in [-0.05, 0) is 6.42 Å². The molecule has 0 aliphatic heterocycles. The van der Waals surface area contributed by atoms with Crippen molar-refractivity contribution in [3.8, 4) is 5.88 Å². The predicted octanol–water partition coefficient (Wildman–Crippen LogP) is 4.93. The first-order valence-corrected chi connectivity index (χ1v) is 8.66. The predicted molar refractivity (Wildman–Crippen MR) is 87.6 cm³/mol. The number of aromatic nitrogens is 2. The highest BCUT2D eigenvalue weighted by Crippen LogP contribution is 2.18. The van der Waals surface area contributed by atoms with Gasteiger partial charge in [0, 0.05) is 23.0 Å². The highest BCUT2D eigenvalue weighted by Gasteiger charge is 2.07. The minimum absolute atomic E-state index is 0.498. The van der Waals surface area contributed by atoms with Gasteiger partial charge in [0.15, 0.2) is 0 Å². The molecule has 1 aromatic rings. The third-order valence-electron chi connectivity index (χ3n) is 3.46. The summed E-state index contributed by atoms with van der Waals surface area (Å²) in [6, 6.07) is 1.92. The Morgan fingerprint density at radius 2 is 1.80 bits per heavy atom. The Hall–Kier alpha value is -0.640. The highest BCUT2D eigenvalue weighted by atomic mass is 79.9. The lowest BCUT2D eigenvalue weighted by Gasteiger charge is -2.09. The van der Waals surface area contributed by atoms with Crippen LogP contribution in [0.4, 0.5) is 0 Å². The maximum atomic E-state index is 5.12. The number of hydrogen-bond donors (Lipinski definition) is 0. The zero-order chi connectivity index (χ0) is 14.6. The molecule has 1 atom stereocenters. The molecule has 0 fully saturated rings. The van der Waals surface area contributed by atoms with Crippen molar-refractivity contribution < 1.29 is 4.74 Å². The molecule has 20 heavy (non-hydrogen) atoms. The highest BCUT2D eigenvalue weighted by molar-refractivity contribution is 9.09. The Balaban J connectivity index is 2.12. The molecule has 0 aromatic carbocycles. The summed E-state index contributed by atoms with van der Waals surface area (Å²) in [7, 11) is 1.64. The molecule has 4 heteroatoms. The largest absolute Gasteiger partial charge is 0.481 e. The third-order valence-corrected chi connectivity index (χ3v) is 4.24. The van der Waals surface area contributed by atoms with Crippen molar-refractivity contribution in [2.45, 2.75) is 69.5 Å². The standard InChI is InChI=1S/C16H27BrN2O/c1-3-4-5-6-7-8-9-10-14(17)11-15-12-16(20-2)19-13-18-15/h12-14H,3-11H2,1-2H3. The Bertz CT molecular complexity index is 360. The van der Waals surface area contributed by atoms with Gasteiger partial charge in [0.1, 0.15) is 6.33 Å². The lowest BCUT2D eigenvalue weighted by Crippen LogP contribution is -2.05. The first-order chi connectivity index (χ1) is 9.76. The zero-order valence-electron chi connectivity index (χ0n) is 12.8. The van der Waals surface area contributed by atoms with Gasteiger partial charge in [0.25, 0.3) is 0 Å². The molecule has 3 nitrogen and oxygen atoms in total. The summed E-state index contributed by atoms with van der Waals surface area (Å²) >= 11 is 3.75.